The number of aromatic hydroxyl groups is 1. The second-order valence-electron chi connectivity index (χ2n) is 5.56. The van der Waals surface area contributed by atoms with Crippen molar-refractivity contribution >= 4 is 10.9 Å². The quantitative estimate of drug-likeness (QED) is 0.761. The molecule has 0 unspecified atom stereocenters. The van der Waals surface area contributed by atoms with Gasteiger partial charge < -0.3 is 14.4 Å². The van der Waals surface area contributed by atoms with Gasteiger partial charge in [-0.1, -0.05) is 12.1 Å². The van der Waals surface area contributed by atoms with Gasteiger partial charge in [0.2, 0.25) is 0 Å². The molecule has 0 fully saturated rings. The Hall–Kier alpha value is -2.49. The van der Waals surface area contributed by atoms with Gasteiger partial charge in [-0.2, -0.15) is 0 Å². The van der Waals surface area contributed by atoms with E-state index in [1.807, 2.05) is 18.2 Å². The Labute approximate surface area is 128 Å². The Morgan fingerprint density at radius 3 is 2.55 bits per heavy atom. The Morgan fingerprint density at radius 2 is 1.86 bits per heavy atom. The lowest BCUT2D eigenvalue weighted by Gasteiger charge is -2.16. The first-order chi connectivity index (χ1) is 10.6. The van der Waals surface area contributed by atoms with Gasteiger partial charge in [0.25, 0.3) is 0 Å². The standard InChI is InChI=1S/C18H18FNO2/c1-12(2)20-15(10-13-4-3-5-17(21)18(13)20)11-22-16-8-6-14(19)7-9-16/h3-10,12,21H,11H2,1-2H3. The summed E-state index contributed by atoms with van der Waals surface area (Å²) in [4.78, 5) is 0. The third kappa shape index (κ3) is 2.64. The molecule has 0 bridgehead atoms. The number of aromatic nitrogens is 1. The SMILES string of the molecule is CC(C)n1c(COc2ccc(F)cc2)cc2cccc(O)c21. The molecule has 0 aliphatic rings. The maximum Gasteiger partial charge on any atom is 0.139 e. The van der Waals surface area contributed by atoms with E-state index in [-0.39, 0.29) is 17.6 Å². The van der Waals surface area contributed by atoms with Gasteiger partial charge in [0.1, 0.15) is 23.9 Å². The lowest BCUT2D eigenvalue weighted by molar-refractivity contribution is 0.292. The van der Waals surface area contributed by atoms with Crippen molar-refractivity contribution in [1.82, 2.24) is 4.57 Å². The zero-order valence-electron chi connectivity index (χ0n) is 12.6. The van der Waals surface area contributed by atoms with Crippen molar-refractivity contribution in [3.63, 3.8) is 0 Å². The molecular formula is C18H18FNO2. The van der Waals surface area contributed by atoms with Crippen LogP contribution in [-0.2, 0) is 6.61 Å². The fourth-order valence-corrected chi connectivity index (χ4v) is 2.71. The third-order valence-corrected chi connectivity index (χ3v) is 3.64. The van der Waals surface area contributed by atoms with Crippen molar-refractivity contribution in [3.05, 3.63) is 60.0 Å². The van der Waals surface area contributed by atoms with Crippen LogP contribution in [-0.4, -0.2) is 9.67 Å². The summed E-state index contributed by atoms with van der Waals surface area (Å²) in [5.41, 5.74) is 1.78. The Balaban J connectivity index is 1.94. The highest BCUT2D eigenvalue weighted by Gasteiger charge is 2.14. The van der Waals surface area contributed by atoms with Crippen LogP contribution >= 0.6 is 0 Å². The van der Waals surface area contributed by atoms with Crippen LogP contribution in [0.1, 0.15) is 25.6 Å². The summed E-state index contributed by atoms with van der Waals surface area (Å²) in [7, 11) is 0. The summed E-state index contributed by atoms with van der Waals surface area (Å²) >= 11 is 0. The monoisotopic (exact) mass is 299 g/mol. The van der Waals surface area contributed by atoms with Gasteiger partial charge in [0.15, 0.2) is 0 Å². The zero-order valence-corrected chi connectivity index (χ0v) is 12.6. The normalized spacial score (nSPS) is 11.3. The Kier molecular flexibility index (Phi) is 3.75. The number of hydrogen-bond donors (Lipinski definition) is 1. The fourth-order valence-electron chi connectivity index (χ4n) is 2.71. The van der Waals surface area contributed by atoms with Gasteiger partial charge in [0.05, 0.1) is 11.2 Å². The van der Waals surface area contributed by atoms with Crippen LogP contribution in [0.3, 0.4) is 0 Å². The van der Waals surface area contributed by atoms with Crippen molar-refractivity contribution < 1.29 is 14.2 Å². The summed E-state index contributed by atoms with van der Waals surface area (Å²) < 4.78 is 20.7. The molecule has 0 amide bonds. The molecule has 3 nitrogen and oxygen atoms in total. The molecule has 3 aromatic rings. The van der Waals surface area contributed by atoms with Crippen LogP contribution < -0.4 is 4.74 Å². The maximum absolute atomic E-state index is 12.9. The summed E-state index contributed by atoms with van der Waals surface area (Å²) in [5.74, 6) is 0.596. The van der Waals surface area contributed by atoms with Gasteiger partial charge in [-0.3, -0.25) is 0 Å². The minimum absolute atomic E-state index is 0.192. The number of benzene rings is 2. The number of ether oxygens (including phenoxy) is 1. The van der Waals surface area contributed by atoms with Crippen LogP contribution in [0.2, 0.25) is 0 Å². The average Bonchev–Trinajstić information content (AvgIpc) is 2.87. The van der Waals surface area contributed by atoms with Crippen LogP contribution in [0.15, 0.2) is 48.5 Å². The first-order valence-corrected chi connectivity index (χ1v) is 7.26. The van der Waals surface area contributed by atoms with Crippen molar-refractivity contribution in [1.29, 1.82) is 0 Å². The van der Waals surface area contributed by atoms with E-state index >= 15 is 0 Å². The number of para-hydroxylation sites is 1. The smallest absolute Gasteiger partial charge is 0.139 e. The minimum Gasteiger partial charge on any atom is -0.506 e. The van der Waals surface area contributed by atoms with E-state index in [1.54, 1.807) is 18.2 Å². The molecule has 0 spiro atoms. The molecule has 3 rings (SSSR count). The second kappa shape index (κ2) is 5.72. The van der Waals surface area contributed by atoms with Crippen molar-refractivity contribution in [2.45, 2.75) is 26.5 Å². The van der Waals surface area contributed by atoms with E-state index in [4.69, 9.17) is 4.74 Å². The molecule has 1 heterocycles. The van der Waals surface area contributed by atoms with Gasteiger partial charge in [-0.25, -0.2) is 4.39 Å². The van der Waals surface area contributed by atoms with E-state index in [0.29, 0.717) is 12.4 Å². The van der Waals surface area contributed by atoms with Crippen LogP contribution in [0, 0.1) is 5.82 Å². The molecule has 22 heavy (non-hydrogen) atoms. The fraction of sp³-hybridized carbons (Fsp3) is 0.222. The largest absolute Gasteiger partial charge is 0.506 e. The summed E-state index contributed by atoms with van der Waals surface area (Å²) in [6.07, 6.45) is 0. The number of rotatable bonds is 4. The van der Waals surface area contributed by atoms with Crippen molar-refractivity contribution in [2.24, 2.45) is 0 Å². The van der Waals surface area contributed by atoms with E-state index in [9.17, 15) is 9.50 Å². The Bertz CT molecular complexity index is 791. The molecule has 0 aliphatic heterocycles. The minimum atomic E-state index is -0.284. The van der Waals surface area contributed by atoms with Gasteiger partial charge >= 0.3 is 0 Å². The highest BCUT2D eigenvalue weighted by Crippen LogP contribution is 2.31. The van der Waals surface area contributed by atoms with Crippen molar-refractivity contribution in [2.75, 3.05) is 0 Å². The molecule has 0 saturated heterocycles. The topological polar surface area (TPSA) is 34.4 Å². The predicted octanol–water partition coefficient (Wildman–Crippen LogP) is 4.65. The molecule has 1 aromatic heterocycles. The molecular weight excluding hydrogens is 281 g/mol. The first kappa shape index (κ1) is 14.4. The van der Waals surface area contributed by atoms with Crippen LogP contribution in [0.4, 0.5) is 4.39 Å². The summed E-state index contributed by atoms with van der Waals surface area (Å²) in [5, 5.41) is 11.1. The van der Waals surface area contributed by atoms with Crippen LogP contribution in [0.25, 0.3) is 10.9 Å². The lowest BCUT2D eigenvalue weighted by atomic mass is 10.2. The molecule has 4 heteroatoms. The lowest BCUT2D eigenvalue weighted by Crippen LogP contribution is -2.08. The molecule has 0 atom stereocenters. The third-order valence-electron chi connectivity index (χ3n) is 3.64. The van der Waals surface area contributed by atoms with E-state index in [1.165, 1.54) is 12.1 Å². The van der Waals surface area contributed by atoms with E-state index < -0.39 is 0 Å². The van der Waals surface area contributed by atoms with Gasteiger partial charge in [-0.15, -0.1) is 0 Å². The van der Waals surface area contributed by atoms with E-state index in [0.717, 1.165) is 16.6 Å². The molecule has 114 valence electrons. The number of hydrogen-bond acceptors (Lipinski definition) is 2. The number of phenolic OH excluding ortho intramolecular Hbond substituents is 1. The highest BCUT2D eigenvalue weighted by atomic mass is 19.1. The predicted molar refractivity (Wildman–Crippen MR) is 84.7 cm³/mol. The second-order valence-corrected chi connectivity index (χ2v) is 5.56. The number of phenols is 1. The van der Waals surface area contributed by atoms with Crippen LogP contribution in [0.5, 0.6) is 11.5 Å². The summed E-state index contributed by atoms with van der Waals surface area (Å²) in [6.45, 7) is 4.48. The first-order valence-electron chi connectivity index (χ1n) is 7.26. The molecule has 2 aromatic carbocycles. The molecule has 0 radical (unpaired) electrons. The van der Waals surface area contributed by atoms with Gasteiger partial charge in [-0.05, 0) is 50.2 Å². The molecule has 0 aliphatic carbocycles. The zero-order chi connectivity index (χ0) is 15.7. The number of halogens is 1. The highest BCUT2D eigenvalue weighted by molar-refractivity contribution is 5.86. The maximum atomic E-state index is 12.9. The number of fused-ring (bicyclic) bond motifs is 1. The van der Waals surface area contributed by atoms with Crippen molar-refractivity contribution in [3.8, 4) is 11.5 Å². The molecule has 0 saturated carbocycles. The van der Waals surface area contributed by atoms with Gasteiger partial charge in [0, 0.05) is 11.4 Å². The molecule has 1 N–H and O–H groups in total. The number of nitrogens with zero attached hydrogens (tertiary/aromatic N) is 1. The summed E-state index contributed by atoms with van der Waals surface area (Å²) in [6, 6.07) is 13.6. The Morgan fingerprint density at radius 1 is 1.14 bits per heavy atom. The van der Waals surface area contributed by atoms with E-state index in [2.05, 4.69) is 18.4 Å². The average molecular weight is 299 g/mol.